The molecule has 0 aliphatic carbocycles. The summed E-state index contributed by atoms with van der Waals surface area (Å²) in [5, 5.41) is 30.1. The number of hydrogen-bond donors (Lipinski definition) is 3. The normalized spacial score (nSPS) is 11.7. The summed E-state index contributed by atoms with van der Waals surface area (Å²) in [6, 6.07) is 19.2. The van der Waals surface area contributed by atoms with Crippen molar-refractivity contribution in [2.24, 2.45) is 0 Å². The van der Waals surface area contributed by atoms with Crippen LogP contribution in [0.2, 0.25) is 0 Å². The van der Waals surface area contributed by atoms with Crippen LogP contribution in [0.1, 0.15) is 79.0 Å². The standard InChI is InChI=1S/C31H40O3/c1-5-8-25-19-28(31(34,6-2)7-3)15-16-29(25)30-18-24(10-9-22(30)4)12-11-23-13-14-26(20-32)27(17-23)21-33/h9-10,13-19,32-34H,5-8,11-12,20-21H2,1-4H3. The van der Waals surface area contributed by atoms with Crippen LogP contribution in [0.15, 0.2) is 54.6 Å². The molecule has 0 fully saturated rings. The summed E-state index contributed by atoms with van der Waals surface area (Å²) in [4.78, 5) is 0. The lowest BCUT2D eigenvalue weighted by molar-refractivity contribution is 0.0283. The zero-order chi connectivity index (χ0) is 24.7. The second-order valence-electron chi connectivity index (χ2n) is 9.43. The van der Waals surface area contributed by atoms with Crippen molar-refractivity contribution >= 4 is 0 Å². The minimum absolute atomic E-state index is 0.0513. The van der Waals surface area contributed by atoms with Gasteiger partial charge >= 0.3 is 0 Å². The first-order valence-corrected chi connectivity index (χ1v) is 12.7. The highest BCUT2D eigenvalue weighted by Gasteiger charge is 2.25. The fourth-order valence-corrected chi connectivity index (χ4v) is 4.82. The van der Waals surface area contributed by atoms with E-state index in [-0.39, 0.29) is 13.2 Å². The Morgan fingerprint density at radius 3 is 1.91 bits per heavy atom. The zero-order valence-corrected chi connectivity index (χ0v) is 21.2. The Morgan fingerprint density at radius 1 is 0.647 bits per heavy atom. The Bertz CT molecular complexity index is 1100. The fraction of sp³-hybridized carbons (Fsp3) is 0.419. The Morgan fingerprint density at radius 2 is 1.29 bits per heavy atom. The van der Waals surface area contributed by atoms with Crippen molar-refractivity contribution in [3.8, 4) is 11.1 Å². The number of aliphatic hydroxyl groups is 3. The molecule has 3 nitrogen and oxygen atoms in total. The van der Waals surface area contributed by atoms with Gasteiger partial charge in [0.1, 0.15) is 0 Å². The molecule has 0 spiro atoms. The molecule has 3 rings (SSSR count). The average Bonchev–Trinajstić information content (AvgIpc) is 2.87. The lowest BCUT2D eigenvalue weighted by atomic mass is 9.84. The van der Waals surface area contributed by atoms with Gasteiger partial charge < -0.3 is 15.3 Å². The van der Waals surface area contributed by atoms with E-state index in [4.69, 9.17) is 0 Å². The van der Waals surface area contributed by atoms with E-state index in [1.54, 1.807) is 0 Å². The third-order valence-corrected chi connectivity index (χ3v) is 7.24. The second kappa shape index (κ2) is 11.8. The molecule has 0 aromatic heterocycles. The summed E-state index contributed by atoms with van der Waals surface area (Å²) in [7, 11) is 0. The smallest absolute Gasteiger partial charge is 0.0891 e. The molecule has 0 aliphatic heterocycles. The molecule has 0 bridgehead atoms. The SMILES string of the molecule is CCCc1cc(C(O)(CC)CC)ccc1-c1cc(CCc2ccc(CO)c(CO)c2)ccc1C. The maximum Gasteiger partial charge on any atom is 0.0891 e. The molecule has 182 valence electrons. The second-order valence-corrected chi connectivity index (χ2v) is 9.43. The summed E-state index contributed by atoms with van der Waals surface area (Å²) in [6.07, 6.45) is 5.24. The molecule has 0 radical (unpaired) electrons. The van der Waals surface area contributed by atoms with Crippen molar-refractivity contribution in [2.45, 2.75) is 85.0 Å². The molecule has 0 atom stereocenters. The molecule has 3 aromatic rings. The zero-order valence-electron chi connectivity index (χ0n) is 21.2. The molecule has 34 heavy (non-hydrogen) atoms. The van der Waals surface area contributed by atoms with Crippen LogP contribution in [0, 0.1) is 6.92 Å². The van der Waals surface area contributed by atoms with Crippen LogP contribution in [-0.2, 0) is 38.1 Å². The van der Waals surface area contributed by atoms with E-state index >= 15 is 0 Å². The predicted octanol–water partition coefficient (Wildman–Crippen LogP) is 6.39. The van der Waals surface area contributed by atoms with E-state index in [9.17, 15) is 15.3 Å². The summed E-state index contributed by atoms with van der Waals surface area (Å²) in [5.41, 5.74) is 9.35. The van der Waals surface area contributed by atoms with Gasteiger partial charge in [0.25, 0.3) is 0 Å². The van der Waals surface area contributed by atoms with E-state index in [1.165, 1.54) is 27.8 Å². The summed E-state index contributed by atoms with van der Waals surface area (Å²) >= 11 is 0. The highest BCUT2D eigenvalue weighted by atomic mass is 16.3. The van der Waals surface area contributed by atoms with Crippen LogP contribution in [0.25, 0.3) is 11.1 Å². The number of hydrogen-bond acceptors (Lipinski definition) is 3. The van der Waals surface area contributed by atoms with Crippen molar-refractivity contribution in [3.63, 3.8) is 0 Å². The maximum absolute atomic E-state index is 11.1. The van der Waals surface area contributed by atoms with Gasteiger partial charge in [-0.05, 0) is 89.1 Å². The van der Waals surface area contributed by atoms with Gasteiger partial charge in [0.15, 0.2) is 0 Å². The number of aliphatic hydroxyl groups excluding tert-OH is 2. The molecule has 0 amide bonds. The van der Waals surface area contributed by atoms with Crippen molar-refractivity contribution < 1.29 is 15.3 Å². The number of rotatable bonds is 11. The van der Waals surface area contributed by atoms with Crippen LogP contribution < -0.4 is 0 Å². The minimum atomic E-state index is -0.767. The van der Waals surface area contributed by atoms with Crippen LogP contribution in [0.5, 0.6) is 0 Å². The quantitative estimate of drug-likeness (QED) is 0.311. The van der Waals surface area contributed by atoms with Crippen molar-refractivity contribution in [1.29, 1.82) is 0 Å². The van der Waals surface area contributed by atoms with Gasteiger partial charge in [-0.2, -0.15) is 0 Å². The van der Waals surface area contributed by atoms with E-state index in [2.05, 4.69) is 50.2 Å². The van der Waals surface area contributed by atoms with Gasteiger partial charge in [0.05, 0.1) is 18.8 Å². The van der Waals surface area contributed by atoms with Crippen LogP contribution in [0.3, 0.4) is 0 Å². The van der Waals surface area contributed by atoms with E-state index < -0.39 is 5.60 Å². The summed E-state index contributed by atoms with van der Waals surface area (Å²) < 4.78 is 0. The topological polar surface area (TPSA) is 60.7 Å². The van der Waals surface area contributed by atoms with Gasteiger partial charge in [-0.15, -0.1) is 0 Å². The first-order chi connectivity index (χ1) is 16.4. The number of aryl methyl sites for hydroxylation is 4. The van der Waals surface area contributed by atoms with Gasteiger partial charge in [0.2, 0.25) is 0 Å². The minimum Gasteiger partial charge on any atom is -0.392 e. The molecule has 0 saturated heterocycles. The molecule has 3 heteroatoms. The van der Waals surface area contributed by atoms with Crippen LogP contribution in [-0.4, -0.2) is 15.3 Å². The van der Waals surface area contributed by atoms with Gasteiger partial charge in [0, 0.05) is 0 Å². The van der Waals surface area contributed by atoms with Crippen molar-refractivity contribution in [2.75, 3.05) is 0 Å². The molecule has 0 unspecified atom stereocenters. The van der Waals surface area contributed by atoms with E-state index in [0.717, 1.165) is 47.9 Å². The molecular weight excluding hydrogens is 420 g/mol. The predicted molar refractivity (Wildman–Crippen MR) is 141 cm³/mol. The third-order valence-electron chi connectivity index (χ3n) is 7.24. The Balaban J connectivity index is 1.91. The monoisotopic (exact) mass is 460 g/mol. The van der Waals surface area contributed by atoms with Crippen LogP contribution >= 0.6 is 0 Å². The first kappa shape index (κ1) is 26.2. The highest BCUT2D eigenvalue weighted by Crippen LogP contribution is 2.35. The summed E-state index contributed by atoms with van der Waals surface area (Å²) in [6.45, 7) is 8.35. The summed E-state index contributed by atoms with van der Waals surface area (Å²) in [5.74, 6) is 0. The third kappa shape index (κ3) is 5.78. The van der Waals surface area contributed by atoms with Crippen molar-refractivity contribution in [3.05, 3.63) is 93.5 Å². The molecule has 0 saturated carbocycles. The van der Waals surface area contributed by atoms with Crippen LogP contribution in [0.4, 0.5) is 0 Å². The van der Waals surface area contributed by atoms with Crippen molar-refractivity contribution in [1.82, 2.24) is 0 Å². The molecule has 3 aromatic carbocycles. The van der Waals surface area contributed by atoms with Gasteiger partial charge in [-0.1, -0.05) is 81.8 Å². The first-order valence-electron chi connectivity index (χ1n) is 12.7. The Hall–Kier alpha value is -2.46. The Kier molecular flexibility index (Phi) is 9.07. The highest BCUT2D eigenvalue weighted by molar-refractivity contribution is 5.72. The van der Waals surface area contributed by atoms with Gasteiger partial charge in [-0.3, -0.25) is 0 Å². The molecule has 0 heterocycles. The lowest BCUT2D eigenvalue weighted by Gasteiger charge is -2.27. The molecular formula is C31H40O3. The fourth-order valence-electron chi connectivity index (χ4n) is 4.82. The lowest BCUT2D eigenvalue weighted by Crippen LogP contribution is -2.23. The average molecular weight is 461 g/mol. The van der Waals surface area contributed by atoms with Gasteiger partial charge in [-0.25, -0.2) is 0 Å². The van der Waals surface area contributed by atoms with E-state index in [0.29, 0.717) is 12.8 Å². The largest absolute Gasteiger partial charge is 0.392 e. The molecule has 0 aliphatic rings. The Labute approximate surface area is 205 Å². The number of benzene rings is 3. The molecule has 3 N–H and O–H groups in total. The van der Waals surface area contributed by atoms with E-state index in [1.807, 2.05) is 32.0 Å². The maximum atomic E-state index is 11.1.